The maximum Gasteiger partial charge on any atom is 0.306 e. The number of allylic oxidation sites excluding steroid dienone is 20. The number of ether oxygens (including phenoxy) is 3. The Balaban J connectivity index is 4.64. The molecule has 0 saturated heterocycles. The number of carbonyl (C=O) groups excluding carboxylic acids is 3. The van der Waals surface area contributed by atoms with E-state index >= 15 is 0 Å². The van der Waals surface area contributed by atoms with Crippen LogP contribution < -0.4 is 0 Å². The second-order valence-electron chi connectivity index (χ2n) is 14.1. The summed E-state index contributed by atoms with van der Waals surface area (Å²) in [4.78, 5) is 37.7. The smallest absolute Gasteiger partial charge is 0.306 e. The van der Waals surface area contributed by atoms with Crippen LogP contribution in [0.1, 0.15) is 162 Å². The molecule has 0 amide bonds. The Kier molecular flexibility index (Phi) is 41.3. The van der Waals surface area contributed by atoms with E-state index < -0.39 is 12.1 Å². The molecule has 57 heavy (non-hydrogen) atoms. The first-order valence-electron chi connectivity index (χ1n) is 22.2. The minimum absolute atomic E-state index is 0.132. The van der Waals surface area contributed by atoms with Crippen molar-refractivity contribution in [2.24, 2.45) is 0 Å². The van der Waals surface area contributed by atoms with Gasteiger partial charge in [0.05, 0.1) is 0 Å². The van der Waals surface area contributed by atoms with E-state index in [2.05, 4.69) is 32.9 Å². The van der Waals surface area contributed by atoms with Crippen molar-refractivity contribution in [2.75, 3.05) is 13.2 Å². The van der Waals surface area contributed by atoms with Crippen LogP contribution in [0.25, 0.3) is 0 Å². The molecule has 0 heterocycles. The molecule has 0 N–H and O–H groups in total. The molecule has 0 aliphatic carbocycles. The van der Waals surface area contributed by atoms with Gasteiger partial charge in [0.25, 0.3) is 0 Å². The van der Waals surface area contributed by atoms with Crippen molar-refractivity contribution in [3.05, 3.63) is 122 Å². The average molecular weight is 787 g/mol. The molecule has 6 heteroatoms. The Morgan fingerprint density at radius 1 is 0.368 bits per heavy atom. The number of rotatable bonds is 37. The molecule has 0 radical (unpaired) electrons. The van der Waals surface area contributed by atoms with Crippen LogP contribution in [0.15, 0.2) is 122 Å². The van der Waals surface area contributed by atoms with Crippen LogP contribution in [0.2, 0.25) is 0 Å². The summed E-state index contributed by atoms with van der Waals surface area (Å²) >= 11 is 0. The molecule has 0 aromatic heterocycles. The van der Waals surface area contributed by atoms with Crippen LogP contribution in [0.4, 0.5) is 0 Å². The summed E-state index contributed by atoms with van der Waals surface area (Å²) in [6.45, 7) is 6.18. The van der Waals surface area contributed by atoms with Crippen molar-refractivity contribution < 1.29 is 28.6 Å². The zero-order chi connectivity index (χ0) is 41.5. The second kappa shape index (κ2) is 44.5. The van der Waals surface area contributed by atoms with Gasteiger partial charge in [0, 0.05) is 19.3 Å². The molecule has 0 aliphatic rings. The van der Waals surface area contributed by atoms with E-state index in [1.807, 2.05) is 109 Å². The summed E-state index contributed by atoms with van der Waals surface area (Å²) in [7, 11) is 0. The van der Waals surface area contributed by atoms with Crippen LogP contribution in [-0.4, -0.2) is 37.2 Å². The van der Waals surface area contributed by atoms with Crippen LogP contribution in [0.5, 0.6) is 0 Å². The maximum atomic E-state index is 12.7. The second-order valence-corrected chi connectivity index (χ2v) is 14.1. The maximum absolute atomic E-state index is 12.7. The van der Waals surface area contributed by atoms with Gasteiger partial charge in [-0.1, -0.05) is 219 Å². The monoisotopic (exact) mass is 787 g/mol. The Bertz CT molecular complexity index is 1270. The molecule has 0 aromatic carbocycles. The highest BCUT2D eigenvalue weighted by molar-refractivity contribution is 5.71. The fraction of sp³-hybridized carbons (Fsp3) is 0.549. The van der Waals surface area contributed by atoms with Crippen molar-refractivity contribution in [2.45, 2.75) is 168 Å². The Morgan fingerprint density at radius 2 is 0.684 bits per heavy atom. The molecule has 0 rings (SSSR count). The summed E-state index contributed by atoms with van der Waals surface area (Å²) < 4.78 is 16.6. The number of hydrogen-bond acceptors (Lipinski definition) is 6. The molecule has 1 atom stereocenters. The lowest BCUT2D eigenvalue weighted by Crippen LogP contribution is -2.30. The van der Waals surface area contributed by atoms with Gasteiger partial charge in [0.1, 0.15) is 13.2 Å². The number of hydrogen-bond donors (Lipinski definition) is 0. The van der Waals surface area contributed by atoms with E-state index in [-0.39, 0.29) is 38.0 Å². The predicted molar refractivity (Wildman–Crippen MR) is 242 cm³/mol. The van der Waals surface area contributed by atoms with Gasteiger partial charge >= 0.3 is 17.9 Å². The molecule has 0 aliphatic heterocycles. The standard InChI is InChI=1S/C51H78O6/c1-4-7-10-13-16-19-22-25-28-31-34-37-40-43-49(52)55-46-48(57-51(54)45-42-39-36-33-30-27-24-21-18-15-12-9-6-3)47-56-50(53)44-41-38-35-32-29-26-23-20-17-14-11-8-5-2/h7,9-10,12-13,15-16,18-19,21-22,24-25,27-28,30-31,33-34,36,48H,4-6,8,11,14,17,20,23,26,29,32,35,37-47H2,1-3H3/b10-7-,12-9-,16-13-,18-15-,22-19-,24-21-,28-25-,30-27-,34-31-,36-33-. The first kappa shape index (κ1) is 52.8. The third kappa shape index (κ3) is 42.8. The SMILES string of the molecule is CC\C=C/C=C\C=C/C=C\C=C/CCCC(=O)OCC(COC(=O)CCCCCCCCCCCCCCC)OC(=O)CCC\C=C/C=C\C=C/C=C\C=C/CC. The van der Waals surface area contributed by atoms with Gasteiger partial charge in [-0.2, -0.15) is 0 Å². The van der Waals surface area contributed by atoms with E-state index in [4.69, 9.17) is 14.2 Å². The topological polar surface area (TPSA) is 78.9 Å². The van der Waals surface area contributed by atoms with Crippen LogP contribution in [-0.2, 0) is 28.6 Å². The highest BCUT2D eigenvalue weighted by Gasteiger charge is 2.19. The molecular weight excluding hydrogens is 709 g/mol. The molecule has 0 spiro atoms. The number of carbonyl (C=O) groups is 3. The summed E-state index contributed by atoms with van der Waals surface area (Å²) in [5.74, 6) is -1.10. The molecule has 0 aromatic rings. The Labute approximate surface area is 348 Å². The van der Waals surface area contributed by atoms with Crippen LogP contribution >= 0.6 is 0 Å². The van der Waals surface area contributed by atoms with E-state index in [1.165, 1.54) is 64.2 Å². The van der Waals surface area contributed by atoms with E-state index in [0.29, 0.717) is 25.7 Å². The van der Waals surface area contributed by atoms with E-state index in [0.717, 1.165) is 38.5 Å². The fourth-order valence-electron chi connectivity index (χ4n) is 5.44. The highest BCUT2D eigenvalue weighted by Crippen LogP contribution is 2.13. The van der Waals surface area contributed by atoms with Crippen molar-refractivity contribution in [1.29, 1.82) is 0 Å². The highest BCUT2D eigenvalue weighted by atomic mass is 16.6. The fourth-order valence-corrected chi connectivity index (χ4v) is 5.44. The summed E-state index contributed by atoms with van der Waals surface area (Å²) in [6.07, 6.45) is 60.5. The molecule has 6 nitrogen and oxygen atoms in total. The molecule has 0 bridgehead atoms. The van der Waals surface area contributed by atoms with Gasteiger partial charge < -0.3 is 14.2 Å². The van der Waals surface area contributed by atoms with Gasteiger partial charge in [0.15, 0.2) is 6.10 Å². The average Bonchev–Trinajstić information content (AvgIpc) is 3.21. The lowest BCUT2D eigenvalue weighted by Gasteiger charge is -2.18. The largest absolute Gasteiger partial charge is 0.462 e. The molecule has 318 valence electrons. The van der Waals surface area contributed by atoms with Crippen LogP contribution in [0.3, 0.4) is 0 Å². The lowest BCUT2D eigenvalue weighted by molar-refractivity contribution is -0.167. The lowest BCUT2D eigenvalue weighted by atomic mass is 10.0. The van der Waals surface area contributed by atoms with E-state index in [1.54, 1.807) is 0 Å². The number of unbranched alkanes of at least 4 members (excludes halogenated alkanes) is 14. The van der Waals surface area contributed by atoms with Crippen molar-refractivity contribution >= 4 is 17.9 Å². The minimum atomic E-state index is -0.843. The van der Waals surface area contributed by atoms with Gasteiger partial charge in [-0.15, -0.1) is 0 Å². The van der Waals surface area contributed by atoms with Crippen LogP contribution in [0, 0.1) is 0 Å². The quantitative estimate of drug-likeness (QED) is 0.0270. The van der Waals surface area contributed by atoms with Crippen molar-refractivity contribution in [3.8, 4) is 0 Å². The first-order valence-corrected chi connectivity index (χ1v) is 22.2. The zero-order valence-electron chi connectivity index (χ0n) is 36.0. The first-order chi connectivity index (χ1) is 28.0. The van der Waals surface area contributed by atoms with Gasteiger partial charge in [0.2, 0.25) is 0 Å². The molecular formula is C51H78O6. The Morgan fingerprint density at radius 3 is 1.07 bits per heavy atom. The molecule has 0 fully saturated rings. The van der Waals surface area contributed by atoms with Crippen molar-refractivity contribution in [1.82, 2.24) is 0 Å². The van der Waals surface area contributed by atoms with Gasteiger partial charge in [-0.25, -0.2) is 0 Å². The van der Waals surface area contributed by atoms with Crippen molar-refractivity contribution in [3.63, 3.8) is 0 Å². The van der Waals surface area contributed by atoms with E-state index in [9.17, 15) is 14.4 Å². The third-order valence-corrected chi connectivity index (χ3v) is 8.72. The summed E-state index contributed by atoms with van der Waals surface area (Å²) in [6, 6.07) is 0. The van der Waals surface area contributed by atoms with Gasteiger partial charge in [-0.05, 0) is 44.9 Å². The summed E-state index contributed by atoms with van der Waals surface area (Å²) in [5.41, 5.74) is 0. The molecule has 1 unspecified atom stereocenters. The predicted octanol–water partition coefficient (Wildman–Crippen LogP) is 14.2. The zero-order valence-corrected chi connectivity index (χ0v) is 36.0. The summed E-state index contributed by atoms with van der Waals surface area (Å²) in [5, 5.41) is 0. The normalized spacial score (nSPS) is 13.2. The minimum Gasteiger partial charge on any atom is -0.462 e. The molecule has 0 saturated carbocycles. The number of esters is 3. The van der Waals surface area contributed by atoms with Gasteiger partial charge in [-0.3, -0.25) is 14.4 Å². The Hall–Kier alpha value is -4.19. The third-order valence-electron chi connectivity index (χ3n) is 8.72.